The standard InChI is InChI=1S/C15H20N4O/c1-9(8-20)12-6-18-15(19-4-3-10(19)2)13-7-17-14(16)5-11(12)13/h5-7,9-10,20H,3-4,8H2,1-2H3,(H2,16,17)/t9-,10-/m1/s1. The fourth-order valence-electron chi connectivity index (χ4n) is 2.71. The van der Waals surface area contributed by atoms with Crippen molar-refractivity contribution in [2.75, 3.05) is 23.8 Å². The molecule has 20 heavy (non-hydrogen) atoms. The van der Waals surface area contributed by atoms with Crippen molar-refractivity contribution in [3.05, 3.63) is 24.0 Å². The van der Waals surface area contributed by atoms with E-state index in [-0.39, 0.29) is 12.5 Å². The largest absolute Gasteiger partial charge is 0.396 e. The lowest BCUT2D eigenvalue weighted by Gasteiger charge is -2.40. The first-order valence-corrected chi connectivity index (χ1v) is 7.03. The van der Waals surface area contributed by atoms with Crippen LogP contribution in [0.4, 0.5) is 11.6 Å². The number of nitrogen functional groups attached to an aromatic ring is 1. The Morgan fingerprint density at radius 1 is 1.40 bits per heavy atom. The summed E-state index contributed by atoms with van der Waals surface area (Å²) in [6, 6.07) is 2.40. The number of aromatic nitrogens is 2. The van der Waals surface area contributed by atoms with E-state index in [0.29, 0.717) is 11.9 Å². The number of anilines is 2. The third-order valence-corrected chi connectivity index (χ3v) is 4.20. The molecule has 2 aromatic rings. The van der Waals surface area contributed by atoms with E-state index in [1.54, 1.807) is 6.20 Å². The number of nitrogens with zero attached hydrogens (tertiary/aromatic N) is 3. The number of fused-ring (bicyclic) bond motifs is 1. The molecule has 1 saturated heterocycles. The summed E-state index contributed by atoms with van der Waals surface area (Å²) >= 11 is 0. The molecule has 3 heterocycles. The normalized spacial score (nSPS) is 19.9. The number of nitrogens with two attached hydrogens (primary N) is 1. The van der Waals surface area contributed by atoms with Gasteiger partial charge in [-0.2, -0.15) is 0 Å². The zero-order valence-corrected chi connectivity index (χ0v) is 11.9. The Kier molecular flexibility index (Phi) is 3.22. The van der Waals surface area contributed by atoms with Crippen LogP contribution >= 0.6 is 0 Å². The van der Waals surface area contributed by atoms with E-state index in [4.69, 9.17) is 5.73 Å². The molecule has 0 radical (unpaired) electrons. The molecular formula is C15H20N4O. The van der Waals surface area contributed by atoms with Crippen LogP contribution < -0.4 is 10.6 Å². The van der Waals surface area contributed by atoms with E-state index in [1.165, 1.54) is 6.42 Å². The Labute approximate surface area is 118 Å². The second kappa shape index (κ2) is 4.90. The summed E-state index contributed by atoms with van der Waals surface area (Å²) in [7, 11) is 0. The predicted octanol–water partition coefficient (Wildman–Crippen LogP) is 1.91. The monoisotopic (exact) mass is 272 g/mol. The van der Waals surface area contributed by atoms with Crippen LogP contribution in [0.15, 0.2) is 18.5 Å². The highest BCUT2D eigenvalue weighted by molar-refractivity contribution is 5.95. The van der Waals surface area contributed by atoms with Crippen LogP contribution in [-0.4, -0.2) is 34.3 Å². The summed E-state index contributed by atoms with van der Waals surface area (Å²) in [5, 5.41) is 11.5. The van der Waals surface area contributed by atoms with Gasteiger partial charge in [0.05, 0.1) is 0 Å². The van der Waals surface area contributed by atoms with Crippen molar-refractivity contribution in [2.24, 2.45) is 0 Å². The zero-order chi connectivity index (χ0) is 14.3. The highest BCUT2D eigenvalue weighted by Gasteiger charge is 2.27. The number of rotatable bonds is 3. The van der Waals surface area contributed by atoms with Gasteiger partial charge in [0.2, 0.25) is 0 Å². The summed E-state index contributed by atoms with van der Waals surface area (Å²) in [5.74, 6) is 1.51. The maximum atomic E-state index is 9.41. The molecule has 2 atom stereocenters. The first-order valence-electron chi connectivity index (χ1n) is 7.03. The summed E-state index contributed by atoms with van der Waals surface area (Å²) < 4.78 is 0. The minimum absolute atomic E-state index is 0.0367. The molecule has 1 fully saturated rings. The van der Waals surface area contributed by atoms with Gasteiger partial charge in [-0.05, 0) is 30.4 Å². The third-order valence-electron chi connectivity index (χ3n) is 4.20. The van der Waals surface area contributed by atoms with E-state index in [1.807, 2.05) is 19.2 Å². The summed E-state index contributed by atoms with van der Waals surface area (Å²) in [5.41, 5.74) is 6.85. The van der Waals surface area contributed by atoms with Crippen molar-refractivity contribution in [2.45, 2.75) is 32.2 Å². The average molecular weight is 272 g/mol. The molecular weight excluding hydrogens is 252 g/mol. The van der Waals surface area contributed by atoms with Gasteiger partial charge in [0, 0.05) is 42.9 Å². The number of pyridine rings is 2. The lowest BCUT2D eigenvalue weighted by atomic mass is 9.97. The van der Waals surface area contributed by atoms with Crippen molar-refractivity contribution in [3.8, 4) is 0 Å². The van der Waals surface area contributed by atoms with Crippen LogP contribution in [0.2, 0.25) is 0 Å². The van der Waals surface area contributed by atoms with Crippen LogP contribution in [0, 0.1) is 0 Å². The summed E-state index contributed by atoms with van der Waals surface area (Å²) in [6.45, 7) is 5.31. The molecule has 0 bridgehead atoms. The quantitative estimate of drug-likeness (QED) is 0.892. The van der Waals surface area contributed by atoms with Gasteiger partial charge in [0.25, 0.3) is 0 Å². The van der Waals surface area contributed by atoms with Gasteiger partial charge in [0.1, 0.15) is 11.6 Å². The Morgan fingerprint density at radius 3 is 2.80 bits per heavy atom. The lowest BCUT2D eigenvalue weighted by molar-refractivity contribution is 0.273. The van der Waals surface area contributed by atoms with E-state index < -0.39 is 0 Å². The Morgan fingerprint density at radius 2 is 2.20 bits per heavy atom. The van der Waals surface area contributed by atoms with Crippen LogP contribution in [0.5, 0.6) is 0 Å². The fourth-order valence-corrected chi connectivity index (χ4v) is 2.71. The molecule has 0 saturated carbocycles. The van der Waals surface area contributed by atoms with Gasteiger partial charge in [-0.1, -0.05) is 6.92 Å². The van der Waals surface area contributed by atoms with Crippen molar-refractivity contribution in [1.29, 1.82) is 0 Å². The summed E-state index contributed by atoms with van der Waals surface area (Å²) in [4.78, 5) is 11.1. The maximum absolute atomic E-state index is 9.41. The topological polar surface area (TPSA) is 75.3 Å². The molecule has 5 heteroatoms. The van der Waals surface area contributed by atoms with E-state index in [2.05, 4.69) is 21.8 Å². The highest BCUT2D eigenvalue weighted by Crippen LogP contribution is 2.34. The minimum Gasteiger partial charge on any atom is -0.396 e. The molecule has 3 rings (SSSR count). The minimum atomic E-state index is 0.0367. The Balaban J connectivity index is 2.20. The van der Waals surface area contributed by atoms with Gasteiger partial charge >= 0.3 is 0 Å². The molecule has 1 aliphatic rings. The van der Waals surface area contributed by atoms with Gasteiger partial charge in [-0.15, -0.1) is 0 Å². The fraction of sp³-hybridized carbons (Fsp3) is 0.467. The predicted molar refractivity (Wildman–Crippen MR) is 80.9 cm³/mol. The molecule has 5 nitrogen and oxygen atoms in total. The second-order valence-electron chi connectivity index (χ2n) is 5.61. The van der Waals surface area contributed by atoms with Crippen LogP contribution in [0.1, 0.15) is 31.7 Å². The molecule has 0 aliphatic carbocycles. The van der Waals surface area contributed by atoms with Crippen molar-refractivity contribution < 1.29 is 5.11 Å². The maximum Gasteiger partial charge on any atom is 0.138 e. The van der Waals surface area contributed by atoms with Crippen LogP contribution in [-0.2, 0) is 0 Å². The molecule has 3 N–H and O–H groups in total. The van der Waals surface area contributed by atoms with Gasteiger partial charge in [0.15, 0.2) is 0 Å². The van der Waals surface area contributed by atoms with Gasteiger partial charge in [-0.3, -0.25) is 0 Å². The number of aliphatic hydroxyl groups excluding tert-OH is 1. The molecule has 106 valence electrons. The molecule has 1 aliphatic heterocycles. The molecule has 0 aromatic carbocycles. The molecule has 0 amide bonds. The van der Waals surface area contributed by atoms with Crippen LogP contribution in [0.25, 0.3) is 10.8 Å². The first kappa shape index (κ1) is 13.1. The average Bonchev–Trinajstić information content (AvgIpc) is 2.44. The Hall–Kier alpha value is -1.88. The lowest BCUT2D eigenvalue weighted by Crippen LogP contribution is -2.46. The van der Waals surface area contributed by atoms with E-state index >= 15 is 0 Å². The number of hydrogen-bond acceptors (Lipinski definition) is 5. The van der Waals surface area contributed by atoms with Crippen molar-refractivity contribution in [3.63, 3.8) is 0 Å². The van der Waals surface area contributed by atoms with Gasteiger partial charge < -0.3 is 15.7 Å². The van der Waals surface area contributed by atoms with E-state index in [0.717, 1.165) is 28.7 Å². The highest BCUT2D eigenvalue weighted by atomic mass is 16.3. The SMILES string of the molecule is C[C@H](CO)c1cnc(N2CC[C@H]2C)c2cnc(N)cc12. The Bertz CT molecular complexity index is 643. The second-order valence-corrected chi connectivity index (χ2v) is 5.61. The summed E-state index contributed by atoms with van der Waals surface area (Å²) in [6.07, 6.45) is 4.86. The molecule has 0 spiro atoms. The third kappa shape index (κ3) is 1.98. The smallest absolute Gasteiger partial charge is 0.138 e. The van der Waals surface area contributed by atoms with Crippen molar-refractivity contribution >= 4 is 22.4 Å². The van der Waals surface area contributed by atoms with Crippen LogP contribution in [0.3, 0.4) is 0 Å². The van der Waals surface area contributed by atoms with Crippen molar-refractivity contribution in [1.82, 2.24) is 9.97 Å². The molecule has 2 aromatic heterocycles. The molecule has 0 unspecified atom stereocenters. The van der Waals surface area contributed by atoms with E-state index in [9.17, 15) is 5.11 Å². The zero-order valence-electron chi connectivity index (χ0n) is 11.9. The number of aliphatic hydroxyl groups is 1. The van der Waals surface area contributed by atoms with Gasteiger partial charge in [-0.25, -0.2) is 9.97 Å². The first-order chi connectivity index (χ1) is 9.61. The number of hydrogen-bond donors (Lipinski definition) is 2.